The van der Waals surface area contributed by atoms with E-state index in [0.717, 1.165) is 45.4 Å². The molecule has 5 heteroatoms. The molecule has 0 heterocycles. The maximum absolute atomic E-state index is 14.5. The summed E-state index contributed by atoms with van der Waals surface area (Å²) in [5.41, 5.74) is 0. The summed E-state index contributed by atoms with van der Waals surface area (Å²) in [7, 11) is 1.46. The molecule has 0 spiro atoms. The minimum atomic E-state index is -2.55. The van der Waals surface area contributed by atoms with E-state index in [9.17, 15) is 17.6 Å². The third-order valence-electron chi connectivity index (χ3n) is 7.73. The second-order valence-corrected chi connectivity index (χ2v) is 9.15. The molecule has 0 amide bonds. The maximum atomic E-state index is 14.5. The average Bonchev–Trinajstić information content (AvgIpc) is 2.63. The smallest absolute Gasteiger partial charge is 0.248 e. The van der Waals surface area contributed by atoms with Crippen molar-refractivity contribution in [2.24, 2.45) is 29.6 Å². The van der Waals surface area contributed by atoms with E-state index < -0.39 is 30.3 Å². The van der Waals surface area contributed by atoms with Gasteiger partial charge in [0.1, 0.15) is 6.17 Å². The van der Waals surface area contributed by atoms with Crippen molar-refractivity contribution in [1.82, 2.24) is 0 Å². The number of alkyl halides is 4. The maximum Gasteiger partial charge on any atom is 0.248 e. The third-order valence-corrected chi connectivity index (χ3v) is 7.73. The van der Waals surface area contributed by atoms with Crippen molar-refractivity contribution in [3.8, 4) is 0 Å². The number of ether oxygens (including phenoxy) is 1. The Kier molecular flexibility index (Phi) is 6.57. The molecule has 1 nitrogen and oxygen atoms in total. The van der Waals surface area contributed by atoms with Crippen molar-refractivity contribution in [3.05, 3.63) is 0 Å². The second-order valence-electron chi connectivity index (χ2n) is 9.15. The van der Waals surface area contributed by atoms with Gasteiger partial charge >= 0.3 is 0 Å². The van der Waals surface area contributed by atoms with E-state index in [1.54, 1.807) is 0 Å². The molecule has 0 aliphatic heterocycles. The van der Waals surface area contributed by atoms with Crippen LogP contribution in [0.1, 0.15) is 71.1 Å². The summed E-state index contributed by atoms with van der Waals surface area (Å²) >= 11 is 0. The highest BCUT2D eigenvalue weighted by molar-refractivity contribution is 4.94. The molecule has 4 unspecified atom stereocenters. The predicted octanol–water partition coefficient (Wildman–Crippen LogP) is 6.36. The highest BCUT2D eigenvalue weighted by Gasteiger charge is 2.45. The zero-order valence-corrected chi connectivity index (χ0v) is 16.1. The lowest BCUT2D eigenvalue weighted by molar-refractivity contribution is -0.0751. The van der Waals surface area contributed by atoms with Crippen LogP contribution >= 0.6 is 0 Å². The van der Waals surface area contributed by atoms with Gasteiger partial charge < -0.3 is 4.74 Å². The minimum Gasteiger partial charge on any atom is -0.378 e. The molecular weight excluding hydrogens is 344 g/mol. The lowest BCUT2D eigenvalue weighted by Gasteiger charge is -2.43. The highest BCUT2D eigenvalue weighted by atomic mass is 19.3. The van der Waals surface area contributed by atoms with Gasteiger partial charge in [-0.3, -0.25) is 0 Å². The molecule has 0 radical (unpaired) electrons. The minimum absolute atomic E-state index is 0.174. The Morgan fingerprint density at radius 1 is 0.692 bits per heavy atom. The van der Waals surface area contributed by atoms with Gasteiger partial charge in [-0.25, -0.2) is 17.6 Å². The Balaban J connectivity index is 1.46. The van der Waals surface area contributed by atoms with E-state index in [-0.39, 0.29) is 11.8 Å². The van der Waals surface area contributed by atoms with Gasteiger partial charge in [-0.05, 0) is 94.8 Å². The Bertz CT molecular complexity index is 436. The summed E-state index contributed by atoms with van der Waals surface area (Å²) < 4.78 is 60.8. The van der Waals surface area contributed by atoms with Crippen molar-refractivity contribution >= 4 is 0 Å². The molecule has 0 N–H and O–H groups in total. The first-order valence-electron chi connectivity index (χ1n) is 10.5. The number of methoxy groups -OCH3 is 1. The van der Waals surface area contributed by atoms with Gasteiger partial charge in [0, 0.05) is 13.0 Å². The van der Waals surface area contributed by atoms with Gasteiger partial charge in [-0.15, -0.1) is 0 Å². The van der Waals surface area contributed by atoms with Crippen molar-refractivity contribution in [3.63, 3.8) is 0 Å². The van der Waals surface area contributed by atoms with E-state index in [1.165, 1.54) is 7.11 Å². The predicted molar refractivity (Wildman–Crippen MR) is 94.8 cm³/mol. The van der Waals surface area contributed by atoms with E-state index in [4.69, 9.17) is 4.74 Å². The number of hydrogen-bond donors (Lipinski definition) is 0. The Morgan fingerprint density at radius 2 is 1.19 bits per heavy atom. The van der Waals surface area contributed by atoms with Gasteiger partial charge in [0.25, 0.3) is 0 Å². The molecule has 3 aliphatic rings. The summed E-state index contributed by atoms with van der Waals surface area (Å²) in [4.78, 5) is 0. The standard InChI is InChI=1S/C21H34F4O/c1-21(24,25)16-9-7-14(8-10-16)13-3-5-15(6-4-13)17-11-12-18(26-2)20(23)19(17)22/h13-20H,3-12H2,1-2H3. The fraction of sp³-hybridized carbons (Fsp3) is 1.00. The van der Waals surface area contributed by atoms with Gasteiger partial charge in [-0.2, -0.15) is 0 Å². The summed E-state index contributed by atoms with van der Waals surface area (Å²) in [6.07, 6.45) is 4.92. The molecule has 3 saturated carbocycles. The molecule has 26 heavy (non-hydrogen) atoms. The molecule has 0 aromatic rings. The van der Waals surface area contributed by atoms with E-state index in [0.29, 0.717) is 37.5 Å². The first kappa shape index (κ1) is 20.4. The number of halogens is 4. The van der Waals surface area contributed by atoms with Crippen LogP contribution < -0.4 is 0 Å². The van der Waals surface area contributed by atoms with Gasteiger partial charge in [0.2, 0.25) is 5.92 Å². The van der Waals surface area contributed by atoms with Crippen LogP contribution in [-0.4, -0.2) is 31.5 Å². The zero-order chi connectivity index (χ0) is 18.9. The zero-order valence-electron chi connectivity index (χ0n) is 16.1. The van der Waals surface area contributed by atoms with Crippen LogP contribution in [0.5, 0.6) is 0 Å². The molecule has 0 aromatic carbocycles. The fourth-order valence-electron chi connectivity index (χ4n) is 6.00. The SMILES string of the molecule is COC1CCC(C2CCC(C3CCC(C(C)(F)F)CC3)CC2)C(F)C1F. The topological polar surface area (TPSA) is 9.23 Å². The van der Waals surface area contributed by atoms with Crippen LogP contribution in [-0.2, 0) is 4.74 Å². The van der Waals surface area contributed by atoms with Crippen LogP contribution in [0.25, 0.3) is 0 Å². The van der Waals surface area contributed by atoms with Gasteiger partial charge in [0.05, 0.1) is 6.10 Å². The average molecular weight is 378 g/mol. The molecule has 0 aromatic heterocycles. The lowest BCUT2D eigenvalue weighted by Crippen LogP contribution is -2.45. The number of hydrogen-bond acceptors (Lipinski definition) is 1. The first-order valence-corrected chi connectivity index (χ1v) is 10.5. The first-order chi connectivity index (χ1) is 12.3. The van der Waals surface area contributed by atoms with Crippen molar-refractivity contribution in [2.45, 2.75) is 95.5 Å². The summed E-state index contributed by atoms with van der Waals surface area (Å²) in [6, 6.07) is 0. The Morgan fingerprint density at radius 3 is 1.69 bits per heavy atom. The summed E-state index contributed by atoms with van der Waals surface area (Å²) in [5, 5.41) is 0. The molecule has 3 fully saturated rings. The second kappa shape index (κ2) is 8.36. The fourth-order valence-corrected chi connectivity index (χ4v) is 6.00. The monoisotopic (exact) mass is 378 g/mol. The van der Waals surface area contributed by atoms with E-state index >= 15 is 0 Å². The lowest BCUT2D eigenvalue weighted by atomic mass is 9.64. The number of rotatable bonds is 4. The highest BCUT2D eigenvalue weighted by Crippen LogP contribution is 2.48. The molecule has 3 aliphatic carbocycles. The molecule has 0 bridgehead atoms. The molecule has 4 atom stereocenters. The normalized spacial score (nSPS) is 45.5. The molecule has 0 saturated heterocycles. The molecule has 152 valence electrons. The van der Waals surface area contributed by atoms with Crippen LogP contribution in [0.4, 0.5) is 17.6 Å². The Hall–Kier alpha value is -0.320. The summed E-state index contributed by atoms with van der Waals surface area (Å²) in [6.45, 7) is 1.05. The van der Waals surface area contributed by atoms with Crippen molar-refractivity contribution < 1.29 is 22.3 Å². The van der Waals surface area contributed by atoms with Crippen LogP contribution in [0.2, 0.25) is 0 Å². The van der Waals surface area contributed by atoms with Crippen LogP contribution in [0.15, 0.2) is 0 Å². The summed E-state index contributed by atoms with van der Waals surface area (Å²) in [5.74, 6) is -1.77. The van der Waals surface area contributed by atoms with Crippen LogP contribution in [0.3, 0.4) is 0 Å². The molecular formula is C21H34F4O. The van der Waals surface area contributed by atoms with E-state index in [1.807, 2.05) is 0 Å². The van der Waals surface area contributed by atoms with E-state index in [2.05, 4.69) is 0 Å². The molecule has 3 rings (SSSR count). The quantitative estimate of drug-likeness (QED) is 0.518. The van der Waals surface area contributed by atoms with Gasteiger partial charge in [-0.1, -0.05) is 0 Å². The van der Waals surface area contributed by atoms with Gasteiger partial charge in [0.15, 0.2) is 6.17 Å². The third kappa shape index (κ3) is 4.39. The van der Waals surface area contributed by atoms with Crippen LogP contribution in [0, 0.1) is 29.6 Å². The van der Waals surface area contributed by atoms with Crippen molar-refractivity contribution in [2.75, 3.05) is 7.11 Å². The Labute approximate surface area is 155 Å². The largest absolute Gasteiger partial charge is 0.378 e. The van der Waals surface area contributed by atoms with Crippen molar-refractivity contribution in [1.29, 1.82) is 0 Å².